The van der Waals surface area contributed by atoms with Crippen LogP contribution < -0.4 is 14.8 Å². The lowest BCUT2D eigenvalue weighted by molar-refractivity contribution is 0.395. The second kappa shape index (κ2) is 7.64. The number of para-hydroxylation sites is 1. The number of aryl methyl sites for hydroxylation is 1. The van der Waals surface area contributed by atoms with Crippen LogP contribution in [0.5, 0.6) is 11.5 Å². The van der Waals surface area contributed by atoms with E-state index in [4.69, 9.17) is 9.47 Å². The van der Waals surface area contributed by atoms with E-state index in [9.17, 15) is 0 Å². The molecule has 0 saturated carbocycles. The Balaban J connectivity index is 1.85. The zero-order valence-electron chi connectivity index (χ0n) is 16.2. The van der Waals surface area contributed by atoms with E-state index < -0.39 is 0 Å². The summed E-state index contributed by atoms with van der Waals surface area (Å²) >= 11 is 0. The molecular formula is C23H23N3O2. The molecule has 2 N–H and O–H groups in total. The van der Waals surface area contributed by atoms with E-state index >= 15 is 0 Å². The Bertz CT molecular complexity index is 1090. The molecule has 0 fully saturated rings. The molecule has 5 heteroatoms. The number of benzene rings is 2. The SMILES string of the molecule is COc1ccc(N[C@@H](c2cccnc2)c2c(C)[nH]c3ccccc23)c(OC)c1. The highest BCUT2D eigenvalue weighted by atomic mass is 16.5. The molecule has 0 unspecified atom stereocenters. The number of aromatic amines is 1. The van der Waals surface area contributed by atoms with Gasteiger partial charge in [0.25, 0.3) is 0 Å². The van der Waals surface area contributed by atoms with Gasteiger partial charge in [-0.25, -0.2) is 0 Å². The third kappa shape index (κ3) is 3.27. The van der Waals surface area contributed by atoms with Gasteiger partial charge in [0, 0.05) is 40.6 Å². The molecule has 2 aromatic heterocycles. The summed E-state index contributed by atoms with van der Waals surface area (Å²) in [5, 5.41) is 4.85. The molecule has 142 valence electrons. The number of nitrogens with zero attached hydrogens (tertiary/aromatic N) is 1. The molecule has 28 heavy (non-hydrogen) atoms. The molecule has 5 nitrogen and oxygen atoms in total. The smallest absolute Gasteiger partial charge is 0.145 e. The van der Waals surface area contributed by atoms with Crippen LogP contribution in [-0.4, -0.2) is 24.2 Å². The molecule has 0 radical (unpaired) electrons. The fraction of sp³-hybridized carbons (Fsp3) is 0.174. The lowest BCUT2D eigenvalue weighted by Gasteiger charge is -2.23. The van der Waals surface area contributed by atoms with Gasteiger partial charge in [-0.15, -0.1) is 0 Å². The largest absolute Gasteiger partial charge is 0.497 e. The molecule has 2 aromatic carbocycles. The molecule has 4 aromatic rings. The van der Waals surface area contributed by atoms with E-state index in [2.05, 4.69) is 46.5 Å². The van der Waals surface area contributed by atoms with Gasteiger partial charge in [0.1, 0.15) is 11.5 Å². The second-order valence-electron chi connectivity index (χ2n) is 6.64. The summed E-state index contributed by atoms with van der Waals surface area (Å²) in [5.74, 6) is 1.48. The Kier molecular flexibility index (Phi) is 4.89. The van der Waals surface area contributed by atoms with Crippen molar-refractivity contribution >= 4 is 16.6 Å². The molecule has 0 spiro atoms. The van der Waals surface area contributed by atoms with E-state index in [0.29, 0.717) is 0 Å². The van der Waals surface area contributed by atoms with Crippen LogP contribution >= 0.6 is 0 Å². The number of ether oxygens (including phenoxy) is 2. The summed E-state index contributed by atoms with van der Waals surface area (Å²) in [5.41, 5.74) is 5.40. The molecule has 0 saturated heterocycles. The minimum absolute atomic E-state index is 0.0906. The summed E-state index contributed by atoms with van der Waals surface area (Å²) in [6, 6.07) is 18.1. The first kappa shape index (κ1) is 17.9. The minimum atomic E-state index is -0.0906. The Hall–Kier alpha value is -3.47. The average Bonchev–Trinajstić information content (AvgIpc) is 3.08. The van der Waals surface area contributed by atoms with Crippen LogP contribution in [-0.2, 0) is 0 Å². The fourth-order valence-corrected chi connectivity index (χ4v) is 3.61. The van der Waals surface area contributed by atoms with Crippen molar-refractivity contribution in [2.24, 2.45) is 0 Å². The number of H-pyrrole nitrogens is 1. The maximum Gasteiger partial charge on any atom is 0.145 e. The number of hydrogen-bond acceptors (Lipinski definition) is 4. The van der Waals surface area contributed by atoms with Gasteiger partial charge in [0.15, 0.2) is 0 Å². The van der Waals surface area contributed by atoms with Gasteiger partial charge in [0.05, 0.1) is 25.9 Å². The topological polar surface area (TPSA) is 59.2 Å². The zero-order chi connectivity index (χ0) is 19.5. The van der Waals surface area contributed by atoms with Crippen molar-refractivity contribution in [3.63, 3.8) is 0 Å². The van der Waals surface area contributed by atoms with Crippen molar-refractivity contribution in [3.8, 4) is 11.5 Å². The van der Waals surface area contributed by atoms with Crippen LogP contribution in [0, 0.1) is 6.92 Å². The van der Waals surface area contributed by atoms with Gasteiger partial charge in [-0.05, 0) is 36.8 Å². The number of pyridine rings is 1. The number of aromatic nitrogens is 2. The predicted molar refractivity (Wildman–Crippen MR) is 112 cm³/mol. The molecule has 0 aliphatic heterocycles. The highest BCUT2D eigenvalue weighted by Crippen LogP contribution is 2.37. The summed E-state index contributed by atoms with van der Waals surface area (Å²) in [6.45, 7) is 2.10. The summed E-state index contributed by atoms with van der Waals surface area (Å²) in [4.78, 5) is 7.83. The third-order valence-corrected chi connectivity index (χ3v) is 4.96. The highest BCUT2D eigenvalue weighted by molar-refractivity contribution is 5.86. The molecular weight excluding hydrogens is 350 g/mol. The van der Waals surface area contributed by atoms with Crippen LogP contribution in [0.3, 0.4) is 0 Å². The number of methoxy groups -OCH3 is 2. The van der Waals surface area contributed by atoms with Gasteiger partial charge in [0.2, 0.25) is 0 Å². The first-order chi connectivity index (χ1) is 13.7. The lowest BCUT2D eigenvalue weighted by Crippen LogP contribution is -2.14. The van der Waals surface area contributed by atoms with E-state index in [0.717, 1.165) is 34.0 Å². The van der Waals surface area contributed by atoms with Crippen molar-refractivity contribution in [1.29, 1.82) is 0 Å². The predicted octanol–water partition coefficient (Wildman–Crippen LogP) is 5.09. The number of anilines is 1. The van der Waals surface area contributed by atoms with Crippen molar-refractivity contribution in [1.82, 2.24) is 9.97 Å². The Labute approximate surface area is 164 Å². The van der Waals surface area contributed by atoms with Crippen LogP contribution in [0.25, 0.3) is 10.9 Å². The first-order valence-corrected chi connectivity index (χ1v) is 9.17. The lowest BCUT2D eigenvalue weighted by atomic mass is 9.96. The molecule has 2 heterocycles. The van der Waals surface area contributed by atoms with E-state index in [-0.39, 0.29) is 6.04 Å². The Morgan fingerprint density at radius 2 is 1.86 bits per heavy atom. The summed E-state index contributed by atoms with van der Waals surface area (Å²) < 4.78 is 10.9. The quantitative estimate of drug-likeness (QED) is 0.494. The second-order valence-corrected chi connectivity index (χ2v) is 6.64. The number of fused-ring (bicyclic) bond motifs is 1. The third-order valence-electron chi connectivity index (χ3n) is 4.96. The summed E-state index contributed by atoms with van der Waals surface area (Å²) in [6.07, 6.45) is 3.69. The zero-order valence-corrected chi connectivity index (χ0v) is 16.2. The van der Waals surface area contributed by atoms with Gasteiger partial charge in [-0.3, -0.25) is 4.98 Å². The van der Waals surface area contributed by atoms with Crippen molar-refractivity contribution in [3.05, 3.63) is 83.8 Å². The Morgan fingerprint density at radius 3 is 2.61 bits per heavy atom. The maximum atomic E-state index is 5.59. The number of rotatable bonds is 6. The molecule has 0 aliphatic carbocycles. The van der Waals surface area contributed by atoms with Gasteiger partial charge in [-0.2, -0.15) is 0 Å². The molecule has 0 bridgehead atoms. The molecule has 1 atom stereocenters. The monoisotopic (exact) mass is 373 g/mol. The van der Waals surface area contributed by atoms with E-state index in [1.807, 2.05) is 36.5 Å². The van der Waals surface area contributed by atoms with Crippen molar-refractivity contribution in [2.75, 3.05) is 19.5 Å². The van der Waals surface area contributed by atoms with Gasteiger partial charge in [-0.1, -0.05) is 24.3 Å². The fourth-order valence-electron chi connectivity index (χ4n) is 3.61. The van der Waals surface area contributed by atoms with Gasteiger partial charge >= 0.3 is 0 Å². The average molecular weight is 373 g/mol. The standard InChI is InChI=1S/C23H23N3O2/c1-15-22(18-8-4-5-9-19(18)25-15)23(16-7-6-12-24-14-16)26-20-11-10-17(27-2)13-21(20)28-3/h4-14,23,25-26H,1-3H3/t23-/m0/s1. The van der Waals surface area contributed by atoms with Crippen LogP contribution in [0.1, 0.15) is 22.9 Å². The highest BCUT2D eigenvalue weighted by Gasteiger charge is 2.22. The minimum Gasteiger partial charge on any atom is -0.497 e. The Morgan fingerprint density at radius 1 is 1.00 bits per heavy atom. The van der Waals surface area contributed by atoms with Crippen LogP contribution in [0.4, 0.5) is 5.69 Å². The number of nitrogens with one attached hydrogen (secondary N) is 2. The molecule has 4 rings (SSSR count). The van der Waals surface area contributed by atoms with Gasteiger partial charge < -0.3 is 19.8 Å². The first-order valence-electron chi connectivity index (χ1n) is 9.17. The van der Waals surface area contributed by atoms with Crippen molar-refractivity contribution < 1.29 is 9.47 Å². The normalized spacial score (nSPS) is 12.0. The maximum absolute atomic E-state index is 5.59. The molecule has 0 amide bonds. The van der Waals surface area contributed by atoms with E-state index in [1.165, 1.54) is 10.9 Å². The van der Waals surface area contributed by atoms with E-state index in [1.54, 1.807) is 20.4 Å². The molecule has 0 aliphatic rings. The summed E-state index contributed by atoms with van der Waals surface area (Å²) in [7, 11) is 3.31. The van der Waals surface area contributed by atoms with Crippen LogP contribution in [0.15, 0.2) is 67.0 Å². The van der Waals surface area contributed by atoms with Crippen molar-refractivity contribution in [2.45, 2.75) is 13.0 Å². The van der Waals surface area contributed by atoms with Crippen LogP contribution in [0.2, 0.25) is 0 Å². The number of hydrogen-bond donors (Lipinski definition) is 2.